The number of carbonyl (C=O) groups excluding carboxylic acids is 1. The lowest BCUT2D eigenvalue weighted by Gasteiger charge is -2.09. The highest BCUT2D eigenvalue weighted by molar-refractivity contribution is 5.73. The van der Waals surface area contributed by atoms with Gasteiger partial charge in [0.05, 0.1) is 25.3 Å². The third-order valence-electron chi connectivity index (χ3n) is 4.02. The van der Waals surface area contributed by atoms with Crippen molar-refractivity contribution in [2.75, 3.05) is 13.2 Å². The van der Waals surface area contributed by atoms with E-state index < -0.39 is 0 Å². The lowest BCUT2D eigenvalue weighted by molar-refractivity contribution is -0.143. The maximum Gasteiger partial charge on any atom is 0.310 e. The highest BCUT2D eigenvalue weighted by Crippen LogP contribution is 2.16. The minimum Gasteiger partial charge on any atom is -0.493 e. The Bertz CT molecular complexity index is 723. The van der Waals surface area contributed by atoms with Crippen LogP contribution < -0.4 is 4.74 Å². The zero-order valence-corrected chi connectivity index (χ0v) is 15.9. The van der Waals surface area contributed by atoms with Gasteiger partial charge in [0.15, 0.2) is 0 Å². The number of rotatable bonds is 9. The van der Waals surface area contributed by atoms with Gasteiger partial charge in [0.25, 0.3) is 0 Å². The van der Waals surface area contributed by atoms with Gasteiger partial charge in [-0.15, -0.1) is 0 Å². The van der Waals surface area contributed by atoms with Gasteiger partial charge in [0.2, 0.25) is 0 Å². The Morgan fingerprint density at radius 2 is 1.88 bits per heavy atom. The van der Waals surface area contributed by atoms with Gasteiger partial charge in [0.1, 0.15) is 11.6 Å². The van der Waals surface area contributed by atoms with Crippen molar-refractivity contribution < 1.29 is 18.7 Å². The molecule has 1 aromatic carbocycles. The van der Waals surface area contributed by atoms with Gasteiger partial charge in [0, 0.05) is 24.2 Å². The predicted molar refractivity (Wildman–Crippen MR) is 97.7 cm³/mol. The summed E-state index contributed by atoms with van der Waals surface area (Å²) < 4.78 is 25.5. The second-order valence-corrected chi connectivity index (χ2v) is 6.78. The zero-order valence-electron chi connectivity index (χ0n) is 15.9. The summed E-state index contributed by atoms with van der Waals surface area (Å²) in [4.78, 5) is 12.1. The van der Waals surface area contributed by atoms with Crippen LogP contribution in [0.4, 0.5) is 4.39 Å². The number of aromatic nitrogens is 2. The molecule has 0 aliphatic carbocycles. The molecule has 5 nitrogen and oxygen atoms in total. The van der Waals surface area contributed by atoms with Gasteiger partial charge in [-0.2, -0.15) is 5.10 Å². The van der Waals surface area contributed by atoms with Crippen LogP contribution in [0.5, 0.6) is 5.75 Å². The fourth-order valence-electron chi connectivity index (χ4n) is 2.67. The number of aryl methyl sites for hydroxylation is 1. The number of benzene rings is 1. The van der Waals surface area contributed by atoms with E-state index in [-0.39, 0.29) is 24.8 Å². The number of hydrogen-bond acceptors (Lipinski definition) is 4. The van der Waals surface area contributed by atoms with Crippen molar-refractivity contribution in [2.24, 2.45) is 5.92 Å². The van der Waals surface area contributed by atoms with Gasteiger partial charge in [-0.3, -0.25) is 9.48 Å². The zero-order chi connectivity index (χ0) is 19.1. The number of nitrogens with zero attached hydrogens (tertiary/aromatic N) is 2. The molecule has 0 saturated carbocycles. The van der Waals surface area contributed by atoms with Gasteiger partial charge in [-0.1, -0.05) is 13.8 Å². The van der Waals surface area contributed by atoms with E-state index in [0.717, 1.165) is 23.5 Å². The van der Waals surface area contributed by atoms with E-state index >= 15 is 0 Å². The molecule has 6 heteroatoms. The third kappa shape index (κ3) is 5.86. The molecule has 0 atom stereocenters. The maximum absolute atomic E-state index is 12.8. The van der Waals surface area contributed by atoms with Gasteiger partial charge >= 0.3 is 5.97 Å². The molecule has 0 saturated heterocycles. The van der Waals surface area contributed by atoms with Gasteiger partial charge < -0.3 is 9.47 Å². The monoisotopic (exact) mass is 362 g/mol. The van der Waals surface area contributed by atoms with Crippen molar-refractivity contribution in [3.8, 4) is 5.75 Å². The second-order valence-electron chi connectivity index (χ2n) is 6.78. The Morgan fingerprint density at radius 1 is 1.19 bits per heavy atom. The first-order chi connectivity index (χ1) is 12.4. The second kappa shape index (κ2) is 9.36. The smallest absolute Gasteiger partial charge is 0.310 e. The van der Waals surface area contributed by atoms with Crippen LogP contribution in [0.2, 0.25) is 0 Å². The molecular weight excluding hydrogens is 335 g/mol. The van der Waals surface area contributed by atoms with E-state index in [1.54, 1.807) is 12.1 Å². The molecule has 0 amide bonds. The largest absolute Gasteiger partial charge is 0.493 e. The number of halogens is 1. The highest BCUT2D eigenvalue weighted by atomic mass is 19.1. The van der Waals surface area contributed by atoms with Crippen molar-refractivity contribution in [2.45, 2.75) is 47.1 Å². The third-order valence-corrected chi connectivity index (χ3v) is 4.02. The maximum atomic E-state index is 12.8. The molecular formula is C20H27FN2O3. The SMILES string of the molecule is Cc1nn(CC(C)C)c(C)c1CC(=O)OCCCOc1ccc(F)cc1. The van der Waals surface area contributed by atoms with Gasteiger partial charge in [-0.05, 0) is 44.0 Å². The van der Waals surface area contributed by atoms with E-state index in [2.05, 4.69) is 18.9 Å². The molecule has 0 aliphatic heterocycles. The number of hydrogen-bond donors (Lipinski definition) is 0. The van der Waals surface area contributed by atoms with Crippen molar-refractivity contribution in [3.63, 3.8) is 0 Å². The Kier molecular flexibility index (Phi) is 7.18. The Balaban J connectivity index is 1.73. The van der Waals surface area contributed by atoms with Crippen molar-refractivity contribution in [3.05, 3.63) is 47.0 Å². The minimum atomic E-state index is -0.298. The van der Waals surface area contributed by atoms with Crippen molar-refractivity contribution in [1.29, 1.82) is 0 Å². The fourth-order valence-corrected chi connectivity index (χ4v) is 2.67. The summed E-state index contributed by atoms with van der Waals surface area (Å²) in [6.45, 7) is 9.71. The number of carbonyl (C=O) groups is 1. The first-order valence-corrected chi connectivity index (χ1v) is 8.93. The summed E-state index contributed by atoms with van der Waals surface area (Å²) in [6.07, 6.45) is 0.808. The molecule has 2 rings (SSSR count). The average Bonchev–Trinajstić information content (AvgIpc) is 2.83. The van der Waals surface area contributed by atoms with Crippen LogP contribution in [0.15, 0.2) is 24.3 Å². The van der Waals surface area contributed by atoms with Crippen LogP contribution >= 0.6 is 0 Å². The molecule has 142 valence electrons. The summed E-state index contributed by atoms with van der Waals surface area (Å²) in [7, 11) is 0. The van der Waals surface area contributed by atoms with Crippen molar-refractivity contribution in [1.82, 2.24) is 9.78 Å². The predicted octanol–water partition coefficient (Wildman–Crippen LogP) is 3.85. The molecule has 0 unspecified atom stereocenters. The van der Waals surface area contributed by atoms with Crippen LogP contribution in [0, 0.1) is 25.6 Å². The molecule has 0 N–H and O–H groups in total. The molecule has 1 heterocycles. The van der Waals surface area contributed by atoms with Gasteiger partial charge in [-0.25, -0.2) is 4.39 Å². The number of esters is 1. The Hall–Kier alpha value is -2.37. The van der Waals surface area contributed by atoms with E-state index in [4.69, 9.17) is 9.47 Å². The summed E-state index contributed by atoms with van der Waals surface area (Å²) in [5.41, 5.74) is 2.84. The lowest BCUT2D eigenvalue weighted by Crippen LogP contribution is -2.12. The molecule has 0 aliphatic rings. The summed E-state index contributed by atoms with van der Waals surface area (Å²) in [6, 6.07) is 5.84. The Morgan fingerprint density at radius 3 is 2.54 bits per heavy atom. The van der Waals surface area contributed by atoms with Crippen molar-refractivity contribution >= 4 is 5.97 Å². The molecule has 0 radical (unpaired) electrons. The van der Waals surface area contributed by atoms with Crippen LogP contribution in [0.25, 0.3) is 0 Å². The summed E-state index contributed by atoms with van der Waals surface area (Å²) in [5, 5.41) is 4.52. The first kappa shape index (κ1) is 19.9. The summed E-state index contributed by atoms with van der Waals surface area (Å²) in [5.74, 6) is 0.533. The quantitative estimate of drug-likeness (QED) is 0.502. The minimum absolute atomic E-state index is 0.231. The van der Waals surface area contributed by atoms with E-state index in [1.807, 2.05) is 18.5 Å². The Labute approximate surface area is 154 Å². The first-order valence-electron chi connectivity index (χ1n) is 8.93. The normalized spacial score (nSPS) is 11.0. The lowest BCUT2D eigenvalue weighted by atomic mass is 10.1. The highest BCUT2D eigenvalue weighted by Gasteiger charge is 2.16. The van der Waals surface area contributed by atoms with E-state index in [9.17, 15) is 9.18 Å². The molecule has 0 spiro atoms. The standard InChI is InChI=1S/C20H27FN2O3/c1-14(2)13-23-16(4)19(15(3)22-23)12-20(24)26-11-5-10-25-18-8-6-17(21)7-9-18/h6-9,14H,5,10-13H2,1-4H3. The van der Waals surface area contributed by atoms with E-state index in [0.29, 0.717) is 24.7 Å². The molecule has 26 heavy (non-hydrogen) atoms. The molecule has 0 fully saturated rings. The molecule has 2 aromatic rings. The average molecular weight is 362 g/mol. The van der Waals surface area contributed by atoms with Crippen LogP contribution in [0.1, 0.15) is 37.2 Å². The van der Waals surface area contributed by atoms with Crippen LogP contribution in [0.3, 0.4) is 0 Å². The van der Waals surface area contributed by atoms with E-state index in [1.165, 1.54) is 12.1 Å². The van der Waals surface area contributed by atoms with Crippen LogP contribution in [-0.4, -0.2) is 29.0 Å². The topological polar surface area (TPSA) is 53.4 Å². The summed E-state index contributed by atoms with van der Waals surface area (Å²) >= 11 is 0. The molecule has 1 aromatic heterocycles. The fraction of sp³-hybridized carbons (Fsp3) is 0.500. The van der Waals surface area contributed by atoms with Crippen LogP contribution in [-0.2, 0) is 22.5 Å². The molecule has 0 bridgehead atoms. The number of ether oxygens (including phenoxy) is 2.